The van der Waals surface area contributed by atoms with Crippen molar-refractivity contribution in [2.24, 2.45) is 0 Å². The normalized spacial score (nSPS) is 9.50. The van der Waals surface area contributed by atoms with Crippen molar-refractivity contribution in [3.63, 3.8) is 0 Å². The van der Waals surface area contributed by atoms with Gasteiger partial charge in [-0.1, -0.05) is 71.6 Å². The van der Waals surface area contributed by atoms with Crippen LogP contribution >= 0.6 is 0 Å². The average Bonchev–Trinajstić information content (AvgIpc) is 2.03. The summed E-state index contributed by atoms with van der Waals surface area (Å²) in [6, 6.07) is 0. The summed E-state index contributed by atoms with van der Waals surface area (Å²) in [4.78, 5) is 0. The molecule has 1 heteroatoms. The van der Waals surface area contributed by atoms with Crippen molar-refractivity contribution in [2.45, 2.75) is 71.6 Å². The molecule has 0 aliphatic heterocycles. The molecule has 12 heavy (non-hydrogen) atoms. The van der Waals surface area contributed by atoms with E-state index < -0.39 is 0 Å². The summed E-state index contributed by atoms with van der Waals surface area (Å²) >= 11 is 0. The van der Waals surface area contributed by atoms with E-state index in [1.165, 1.54) is 57.8 Å². The summed E-state index contributed by atoms with van der Waals surface area (Å²) in [5.41, 5.74) is 0. The van der Waals surface area contributed by atoms with Crippen LogP contribution in [0.1, 0.15) is 71.6 Å². The van der Waals surface area contributed by atoms with Gasteiger partial charge in [-0.05, 0) is 0 Å². The molecule has 0 atom stereocenters. The Morgan fingerprint density at radius 3 is 1.00 bits per heavy atom. The average molecular weight is 164 g/mol. The van der Waals surface area contributed by atoms with Gasteiger partial charge in [0.1, 0.15) is 0 Å². The Labute approximate surface area is 90.7 Å². The molecule has 0 fully saturated rings. The van der Waals surface area contributed by atoms with E-state index in [9.17, 15) is 0 Å². The molecular formula is C11H25Li. The first-order valence-corrected chi connectivity index (χ1v) is 5.41. The Morgan fingerprint density at radius 2 is 0.750 bits per heavy atom. The second-order valence-corrected chi connectivity index (χ2v) is 3.47. The van der Waals surface area contributed by atoms with Crippen molar-refractivity contribution in [3.8, 4) is 0 Å². The van der Waals surface area contributed by atoms with Crippen LogP contribution in [-0.4, -0.2) is 18.9 Å². The van der Waals surface area contributed by atoms with Gasteiger partial charge in [-0.3, -0.25) is 0 Å². The van der Waals surface area contributed by atoms with Gasteiger partial charge in [0.2, 0.25) is 0 Å². The zero-order valence-corrected chi connectivity index (χ0v) is 8.36. The minimum absolute atomic E-state index is 0. The summed E-state index contributed by atoms with van der Waals surface area (Å²) in [7, 11) is 0. The van der Waals surface area contributed by atoms with Gasteiger partial charge in [-0.15, -0.1) is 0 Å². The van der Waals surface area contributed by atoms with Gasteiger partial charge >= 0.3 is 18.9 Å². The Bertz CT molecular complexity index is 54.0. The number of rotatable bonds is 8. The molecule has 0 saturated carbocycles. The Hall–Kier alpha value is 0.597. The van der Waals surface area contributed by atoms with Crippen LogP contribution in [-0.2, 0) is 0 Å². The van der Waals surface area contributed by atoms with Crippen LogP contribution < -0.4 is 0 Å². The molecule has 0 aromatic heterocycles. The SMILES string of the molecule is CCCCCCCCCCC.[LiH]. The Morgan fingerprint density at radius 1 is 0.500 bits per heavy atom. The van der Waals surface area contributed by atoms with E-state index >= 15 is 0 Å². The first-order chi connectivity index (χ1) is 5.41. The monoisotopic (exact) mass is 164 g/mol. The fourth-order valence-electron chi connectivity index (χ4n) is 1.38. The molecule has 0 bridgehead atoms. The molecule has 0 amide bonds. The van der Waals surface area contributed by atoms with Gasteiger partial charge in [-0.2, -0.15) is 0 Å². The third-order valence-corrected chi connectivity index (χ3v) is 2.21. The molecule has 0 aliphatic carbocycles. The van der Waals surface area contributed by atoms with Crippen LogP contribution in [0.2, 0.25) is 0 Å². The van der Waals surface area contributed by atoms with Gasteiger partial charge in [-0.25, -0.2) is 0 Å². The van der Waals surface area contributed by atoms with Gasteiger partial charge in [0, 0.05) is 0 Å². The summed E-state index contributed by atoms with van der Waals surface area (Å²) < 4.78 is 0. The zero-order valence-electron chi connectivity index (χ0n) is 8.36. The maximum absolute atomic E-state index is 2.27. The summed E-state index contributed by atoms with van der Waals surface area (Å²) in [5.74, 6) is 0. The van der Waals surface area contributed by atoms with Crippen molar-refractivity contribution in [1.29, 1.82) is 0 Å². The van der Waals surface area contributed by atoms with Crippen molar-refractivity contribution < 1.29 is 0 Å². The maximum atomic E-state index is 2.27. The van der Waals surface area contributed by atoms with Crippen LogP contribution in [0, 0.1) is 0 Å². The number of hydrogen-bond acceptors (Lipinski definition) is 0. The van der Waals surface area contributed by atoms with E-state index in [1.807, 2.05) is 0 Å². The molecule has 0 heterocycles. The van der Waals surface area contributed by atoms with Crippen molar-refractivity contribution >= 4 is 18.9 Å². The van der Waals surface area contributed by atoms with E-state index in [1.54, 1.807) is 0 Å². The summed E-state index contributed by atoms with van der Waals surface area (Å²) in [6.45, 7) is 4.55. The second kappa shape index (κ2) is 14.1. The third kappa shape index (κ3) is 13.2. The van der Waals surface area contributed by atoms with Gasteiger partial charge in [0.25, 0.3) is 0 Å². The molecule has 0 spiro atoms. The molecular weight excluding hydrogens is 139 g/mol. The Balaban J connectivity index is 0. The Kier molecular flexibility index (Phi) is 17.8. The molecule has 0 aromatic carbocycles. The quantitative estimate of drug-likeness (QED) is 0.377. The third-order valence-electron chi connectivity index (χ3n) is 2.21. The first kappa shape index (κ1) is 15.1. The van der Waals surface area contributed by atoms with E-state index in [0.29, 0.717) is 0 Å². The van der Waals surface area contributed by atoms with E-state index in [2.05, 4.69) is 13.8 Å². The topological polar surface area (TPSA) is 0 Å². The van der Waals surface area contributed by atoms with E-state index in [0.717, 1.165) is 0 Å². The second-order valence-electron chi connectivity index (χ2n) is 3.47. The van der Waals surface area contributed by atoms with Crippen LogP contribution in [0.4, 0.5) is 0 Å². The molecule has 0 rings (SSSR count). The van der Waals surface area contributed by atoms with Crippen LogP contribution in [0.15, 0.2) is 0 Å². The van der Waals surface area contributed by atoms with E-state index in [4.69, 9.17) is 0 Å². The fraction of sp³-hybridized carbons (Fsp3) is 1.00. The standard InChI is InChI=1S/C11H24.Li.H/c1-3-5-7-9-11-10-8-6-4-2;;/h3-11H2,1-2H3;;. The van der Waals surface area contributed by atoms with Crippen LogP contribution in [0.3, 0.4) is 0 Å². The minimum atomic E-state index is 0. The van der Waals surface area contributed by atoms with Crippen molar-refractivity contribution in [1.82, 2.24) is 0 Å². The number of unbranched alkanes of at least 4 members (excludes halogenated alkanes) is 8. The van der Waals surface area contributed by atoms with Crippen LogP contribution in [0.25, 0.3) is 0 Å². The predicted octanol–water partition coefficient (Wildman–Crippen LogP) is 3.89. The summed E-state index contributed by atoms with van der Waals surface area (Å²) in [5, 5.41) is 0. The molecule has 0 radical (unpaired) electrons. The first-order valence-electron chi connectivity index (χ1n) is 5.41. The molecule has 0 aromatic rings. The van der Waals surface area contributed by atoms with Gasteiger partial charge in [0.05, 0.1) is 0 Å². The molecule has 0 nitrogen and oxygen atoms in total. The molecule has 0 N–H and O–H groups in total. The van der Waals surface area contributed by atoms with Crippen LogP contribution in [0.5, 0.6) is 0 Å². The fourth-order valence-corrected chi connectivity index (χ4v) is 1.38. The molecule has 0 aliphatic rings. The van der Waals surface area contributed by atoms with E-state index in [-0.39, 0.29) is 18.9 Å². The summed E-state index contributed by atoms with van der Waals surface area (Å²) in [6.07, 6.45) is 13.0. The van der Waals surface area contributed by atoms with Crippen molar-refractivity contribution in [3.05, 3.63) is 0 Å². The molecule has 0 unspecified atom stereocenters. The zero-order chi connectivity index (χ0) is 8.36. The molecule has 70 valence electrons. The number of hydrogen-bond donors (Lipinski definition) is 0. The molecule has 0 saturated heterocycles. The van der Waals surface area contributed by atoms with Gasteiger partial charge in [0.15, 0.2) is 0 Å². The predicted molar refractivity (Wildman–Crippen MR) is 60.1 cm³/mol. The van der Waals surface area contributed by atoms with Gasteiger partial charge < -0.3 is 0 Å². The van der Waals surface area contributed by atoms with Crippen molar-refractivity contribution in [2.75, 3.05) is 0 Å².